The molecule has 0 aliphatic heterocycles. The summed E-state index contributed by atoms with van der Waals surface area (Å²) in [5.41, 5.74) is 5.28. The van der Waals surface area contributed by atoms with Crippen molar-refractivity contribution in [1.29, 1.82) is 0 Å². The third-order valence-corrected chi connectivity index (χ3v) is 3.65. The largest absolute Gasteiger partial charge is 0.418 e. The lowest BCUT2D eigenvalue weighted by Gasteiger charge is -2.32. The minimum absolute atomic E-state index is 0.187. The number of nitrogens with zero attached hydrogens (tertiary/aromatic N) is 1. The fourth-order valence-corrected chi connectivity index (χ4v) is 2.82. The van der Waals surface area contributed by atoms with Crippen LogP contribution in [-0.2, 0) is 6.18 Å². The molecule has 19 heavy (non-hydrogen) atoms. The fourth-order valence-electron chi connectivity index (χ4n) is 2.82. The van der Waals surface area contributed by atoms with Crippen LogP contribution < -0.4 is 10.6 Å². The fraction of sp³-hybridized carbons (Fsp3) is 0.571. The van der Waals surface area contributed by atoms with Gasteiger partial charge in [0.15, 0.2) is 0 Å². The zero-order valence-electron chi connectivity index (χ0n) is 10.8. The smallest absolute Gasteiger partial charge is 0.367 e. The summed E-state index contributed by atoms with van der Waals surface area (Å²) in [5.74, 6) is 0. The van der Waals surface area contributed by atoms with Gasteiger partial charge in [-0.2, -0.15) is 13.2 Å². The van der Waals surface area contributed by atoms with Crippen LogP contribution in [-0.4, -0.2) is 19.1 Å². The molecule has 1 aliphatic rings. The van der Waals surface area contributed by atoms with E-state index in [-0.39, 0.29) is 11.7 Å². The molecule has 2 N–H and O–H groups in total. The highest BCUT2D eigenvalue weighted by molar-refractivity contribution is 5.56. The lowest BCUT2D eigenvalue weighted by atomic mass is 10.1. The molecular formula is C14H19F3N2. The SMILES string of the molecule is NCCN(c1ccccc1C(F)(F)F)C1CCCC1. The number of hydrogen-bond donors (Lipinski definition) is 1. The molecule has 0 aromatic heterocycles. The molecule has 2 rings (SSSR count). The molecule has 0 unspecified atom stereocenters. The molecule has 5 heteroatoms. The van der Waals surface area contributed by atoms with E-state index in [0.29, 0.717) is 13.1 Å². The van der Waals surface area contributed by atoms with Crippen LogP contribution in [0.4, 0.5) is 18.9 Å². The Morgan fingerprint density at radius 3 is 2.37 bits per heavy atom. The van der Waals surface area contributed by atoms with Gasteiger partial charge in [0.2, 0.25) is 0 Å². The zero-order valence-corrected chi connectivity index (χ0v) is 10.8. The Morgan fingerprint density at radius 2 is 1.79 bits per heavy atom. The molecule has 0 saturated heterocycles. The number of para-hydroxylation sites is 1. The maximum absolute atomic E-state index is 13.1. The molecule has 0 radical (unpaired) electrons. The number of halogens is 3. The topological polar surface area (TPSA) is 29.3 Å². The predicted octanol–water partition coefficient (Wildman–Crippen LogP) is 3.41. The van der Waals surface area contributed by atoms with Crippen molar-refractivity contribution in [1.82, 2.24) is 0 Å². The summed E-state index contributed by atoms with van der Waals surface area (Å²) in [6, 6.07) is 5.97. The van der Waals surface area contributed by atoms with Gasteiger partial charge in [0.25, 0.3) is 0 Å². The van der Waals surface area contributed by atoms with E-state index in [1.807, 2.05) is 4.90 Å². The van der Waals surface area contributed by atoms with Crippen molar-refractivity contribution >= 4 is 5.69 Å². The van der Waals surface area contributed by atoms with Gasteiger partial charge in [-0.3, -0.25) is 0 Å². The second-order valence-electron chi connectivity index (χ2n) is 4.94. The average Bonchev–Trinajstić information content (AvgIpc) is 2.88. The highest BCUT2D eigenvalue weighted by atomic mass is 19.4. The summed E-state index contributed by atoms with van der Waals surface area (Å²) in [6.07, 6.45) is -0.250. The molecular weight excluding hydrogens is 253 g/mol. The Balaban J connectivity index is 2.35. The third-order valence-electron chi connectivity index (χ3n) is 3.65. The van der Waals surface area contributed by atoms with E-state index in [0.717, 1.165) is 31.7 Å². The average molecular weight is 272 g/mol. The van der Waals surface area contributed by atoms with Gasteiger partial charge in [0.1, 0.15) is 0 Å². The molecule has 0 heterocycles. The van der Waals surface area contributed by atoms with Gasteiger partial charge in [-0.25, -0.2) is 0 Å². The summed E-state index contributed by atoms with van der Waals surface area (Å²) >= 11 is 0. The summed E-state index contributed by atoms with van der Waals surface area (Å²) in [7, 11) is 0. The Bertz CT molecular complexity index is 411. The lowest BCUT2D eigenvalue weighted by molar-refractivity contribution is -0.137. The van der Waals surface area contributed by atoms with Crippen molar-refractivity contribution in [2.45, 2.75) is 37.9 Å². The van der Waals surface area contributed by atoms with Crippen molar-refractivity contribution in [3.05, 3.63) is 29.8 Å². The van der Waals surface area contributed by atoms with E-state index in [4.69, 9.17) is 5.73 Å². The summed E-state index contributed by atoms with van der Waals surface area (Å²) in [4.78, 5) is 1.84. The molecule has 1 fully saturated rings. The molecule has 106 valence electrons. The van der Waals surface area contributed by atoms with Crippen LogP contribution in [0.25, 0.3) is 0 Å². The monoisotopic (exact) mass is 272 g/mol. The molecule has 0 bridgehead atoms. The predicted molar refractivity (Wildman–Crippen MR) is 70.1 cm³/mol. The first-order valence-electron chi connectivity index (χ1n) is 6.67. The molecule has 0 atom stereocenters. The highest BCUT2D eigenvalue weighted by Gasteiger charge is 2.36. The Kier molecular flexibility index (Phi) is 4.34. The Morgan fingerprint density at radius 1 is 1.16 bits per heavy atom. The van der Waals surface area contributed by atoms with Crippen LogP contribution in [0.2, 0.25) is 0 Å². The Hall–Kier alpha value is -1.23. The molecule has 0 spiro atoms. The molecule has 1 aliphatic carbocycles. The van der Waals surface area contributed by atoms with Crippen LogP contribution >= 0.6 is 0 Å². The third kappa shape index (κ3) is 3.21. The van der Waals surface area contributed by atoms with Crippen molar-refractivity contribution in [3.63, 3.8) is 0 Å². The second-order valence-corrected chi connectivity index (χ2v) is 4.94. The van der Waals surface area contributed by atoms with Gasteiger partial charge in [0.05, 0.1) is 5.56 Å². The van der Waals surface area contributed by atoms with E-state index in [2.05, 4.69) is 0 Å². The van der Waals surface area contributed by atoms with Crippen LogP contribution in [0.3, 0.4) is 0 Å². The van der Waals surface area contributed by atoms with Gasteiger partial charge in [-0.05, 0) is 25.0 Å². The van der Waals surface area contributed by atoms with Crippen LogP contribution in [0.1, 0.15) is 31.2 Å². The first kappa shape index (κ1) is 14.2. The number of anilines is 1. The number of hydrogen-bond acceptors (Lipinski definition) is 2. The van der Waals surface area contributed by atoms with Crippen LogP contribution in [0.15, 0.2) is 24.3 Å². The number of nitrogens with two attached hydrogens (primary N) is 1. The van der Waals surface area contributed by atoms with E-state index < -0.39 is 11.7 Å². The lowest BCUT2D eigenvalue weighted by Crippen LogP contribution is -2.38. The van der Waals surface area contributed by atoms with Gasteiger partial charge in [-0.15, -0.1) is 0 Å². The van der Waals surface area contributed by atoms with E-state index >= 15 is 0 Å². The zero-order chi connectivity index (χ0) is 13.9. The normalized spacial score (nSPS) is 16.8. The first-order valence-corrected chi connectivity index (χ1v) is 6.67. The van der Waals surface area contributed by atoms with E-state index in [1.165, 1.54) is 6.07 Å². The van der Waals surface area contributed by atoms with E-state index in [1.54, 1.807) is 12.1 Å². The summed E-state index contributed by atoms with van der Waals surface area (Å²) < 4.78 is 39.2. The van der Waals surface area contributed by atoms with Crippen molar-refractivity contribution in [3.8, 4) is 0 Å². The molecule has 2 nitrogen and oxygen atoms in total. The molecule has 0 amide bonds. The van der Waals surface area contributed by atoms with Gasteiger partial charge in [-0.1, -0.05) is 25.0 Å². The molecule has 1 aromatic carbocycles. The Labute approximate surface area is 111 Å². The maximum Gasteiger partial charge on any atom is 0.418 e. The van der Waals surface area contributed by atoms with E-state index in [9.17, 15) is 13.2 Å². The van der Waals surface area contributed by atoms with Crippen LogP contribution in [0, 0.1) is 0 Å². The summed E-state index contributed by atoms with van der Waals surface area (Å²) in [6.45, 7) is 0.834. The first-order chi connectivity index (χ1) is 9.04. The van der Waals surface area contributed by atoms with Crippen molar-refractivity contribution < 1.29 is 13.2 Å². The van der Waals surface area contributed by atoms with Gasteiger partial charge in [0, 0.05) is 24.8 Å². The van der Waals surface area contributed by atoms with Crippen LogP contribution in [0.5, 0.6) is 0 Å². The maximum atomic E-state index is 13.1. The molecule has 1 aromatic rings. The minimum atomic E-state index is -4.32. The number of benzene rings is 1. The van der Waals surface area contributed by atoms with Crippen molar-refractivity contribution in [2.24, 2.45) is 5.73 Å². The highest BCUT2D eigenvalue weighted by Crippen LogP contribution is 2.38. The summed E-state index contributed by atoms with van der Waals surface area (Å²) in [5, 5.41) is 0. The minimum Gasteiger partial charge on any atom is -0.367 e. The van der Waals surface area contributed by atoms with Crippen molar-refractivity contribution in [2.75, 3.05) is 18.0 Å². The molecule has 1 saturated carbocycles. The van der Waals surface area contributed by atoms with Gasteiger partial charge >= 0.3 is 6.18 Å². The quantitative estimate of drug-likeness (QED) is 0.910. The second kappa shape index (κ2) is 5.82. The van der Waals surface area contributed by atoms with Gasteiger partial charge < -0.3 is 10.6 Å². The number of rotatable bonds is 4. The number of alkyl halides is 3. The standard InChI is InChI=1S/C14H19F3N2/c15-14(16,17)12-7-3-4-8-13(12)19(10-9-18)11-5-1-2-6-11/h3-4,7-8,11H,1-2,5-6,9-10,18H2.